The quantitative estimate of drug-likeness (QED) is 0.163. The van der Waals surface area contributed by atoms with Crippen LogP contribution in [0, 0.1) is 0 Å². The van der Waals surface area contributed by atoms with Crippen molar-refractivity contribution in [2.24, 2.45) is 0 Å². The standard InChI is InChI=1S/C34H44N8O3/c1-2-28(43)38-26-20-27(31(45)30(26)44)42-22-37-29-32(39-34(40-33(29)42)35-16-19-41-17-10-5-11-18-41)36-21-25(23-12-6-3-7-13-23)24-14-8-4-9-15-24/h3-4,6-9,12-15,22,25-27,30-31,44-45H,2,5,10-11,16-21H2,1H3,(H,38,43)(H2,35,36,39,40)/t26-,27+,30+,31-/m0/s1. The molecule has 1 amide bonds. The van der Waals surface area contributed by atoms with Crippen LogP contribution in [-0.4, -0.2) is 91.5 Å². The zero-order chi connectivity index (χ0) is 31.2. The van der Waals surface area contributed by atoms with Crippen LogP contribution in [0.5, 0.6) is 0 Å². The van der Waals surface area contributed by atoms with E-state index < -0.39 is 24.3 Å². The lowest BCUT2D eigenvalue weighted by molar-refractivity contribution is -0.122. The van der Waals surface area contributed by atoms with Crippen molar-refractivity contribution in [3.05, 3.63) is 78.1 Å². The Balaban J connectivity index is 1.30. The Morgan fingerprint density at radius 3 is 2.29 bits per heavy atom. The molecule has 3 heterocycles. The summed E-state index contributed by atoms with van der Waals surface area (Å²) in [7, 11) is 0. The number of benzene rings is 2. The van der Waals surface area contributed by atoms with Crippen LogP contribution in [0.25, 0.3) is 11.2 Å². The number of rotatable bonds is 12. The van der Waals surface area contributed by atoms with E-state index in [2.05, 4.69) is 69.4 Å². The summed E-state index contributed by atoms with van der Waals surface area (Å²) in [5, 5.41) is 31.7. The molecule has 0 radical (unpaired) electrons. The molecule has 4 aromatic rings. The lowest BCUT2D eigenvalue weighted by atomic mass is 9.91. The number of aromatic nitrogens is 4. The molecule has 6 rings (SSSR count). The minimum Gasteiger partial charge on any atom is -0.388 e. The van der Waals surface area contributed by atoms with Crippen molar-refractivity contribution >= 4 is 28.8 Å². The fourth-order valence-corrected chi connectivity index (χ4v) is 6.60. The summed E-state index contributed by atoms with van der Waals surface area (Å²) < 4.78 is 1.82. The van der Waals surface area contributed by atoms with Crippen molar-refractivity contribution in [1.82, 2.24) is 29.7 Å². The van der Waals surface area contributed by atoms with Crippen molar-refractivity contribution < 1.29 is 15.0 Å². The third-order valence-corrected chi connectivity index (χ3v) is 9.14. The molecule has 1 aliphatic carbocycles. The number of amides is 1. The van der Waals surface area contributed by atoms with E-state index in [4.69, 9.17) is 15.0 Å². The molecule has 0 unspecified atom stereocenters. The molecule has 2 aromatic heterocycles. The number of imidazole rings is 1. The number of hydrogen-bond donors (Lipinski definition) is 5. The molecule has 0 bridgehead atoms. The van der Waals surface area contributed by atoms with Gasteiger partial charge in [0.15, 0.2) is 17.0 Å². The van der Waals surface area contributed by atoms with Gasteiger partial charge < -0.3 is 35.6 Å². The molecule has 45 heavy (non-hydrogen) atoms. The topological polar surface area (TPSA) is 140 Å². The first kappa shape index (κ1) is 30.9. The Bertz CT molecular complexity index is 1500. The largest absolute Gasteiger partial charge is 0.388 e. The summed E-state index contributed by atoms with van der Waals surface area (Å²) in [6.45, 7) is 6.17. The van der Waals surface area contributed by atoms with Crippen LogP contribution in [0.1, 0.15) is 62.1 Å². The maximum Gasteiger partial charge on any atom is 0.226 e. The Labute approximate surface area is 264 Å². The Morgan fingerprint density at radius 1 is 0.933 bits per heavy atom. The van der Waals surface area contributed by atoms with Crippen LogP contribution in [0.4, 0.5) is 11.8 Å². The van der Waals surface area contributed by atoms with E-state index in [0.29, 0.717) is 48.9 Å². The van der Waals surface area contributed by atoms with Crippen molar-refractivity contribution in [1.29, 1.82) is 0 Å². The minimum atomic E-state index is -1.10. The molecule has 2 fully saturated rings. The SMILES string of the molecule is CCC(=O)N[C@H]1C[C@@H](n2cnc3c(NCC(c4ccccc4)c4ccccc4)nc(NCCN4CCCCC4)nc32)[C@H](O)[C@@H]1O. The first-order valence-corrected chi connectivity index (χ1v) is 16.2. The average Bonchev–Trinajstić information content (AvgIpc) is 3.62. The van der Waals surface area contributed by atoms with Gasteiger partial charge in [0.05, 0.1) is 18.4 Å². The molecule has 1 aliphatic heterocycles. The minimum absolute atomic E-state index is 0.0738. The predicted molar refractivity (Wildman–Crippen MR) is 175 cm³/mol. The Kier molecular flexibility index (Phi) is 9.88. The maximum absolute atomic E-state index is 12.1. The molecular weight excluding hydrogens is 568 g/mol. The number of aliphatic hydroxyl groups excluding tert-OH is 2. The summed E-state index contributed by atoms with van der Waals surface area (Å²) in [4.78, 5) is 29.0. The molecule has 11 heteroatoms. The van der Waals surface area contributed by atoms with E-state index in [0.717, 1.165) is 19.6 Å². The second-order valence-corrected chi connectivity index (χ2v) is 12.1. The van der Waals surface area contributed by atoms with E-state index in [1.807, 2.05) is 16.7 Å². The summed E-state index contributed by atoms with van der Waals surface area (Å²) in [5.74, 6) is 0.982. The highest BCUT2D eigenvalue weighted by atomic mass is 16.3. The summed E-state index contributed by atoms with van der Waals surface area (Å²) >= 11 is 0. The zero-order valence-corrected chi connectivity index (χ0v) is 25.8. The number of fused-ring (bicyclic) bond motifs is 1. The number of anilines is 2. The highest BCUT2D eigenvalue weighted by Gasteiger charge is 2.43. The third kappa shape index (κ3) is 7.11. The van der Waals surface area contributed by atoms with Gasteiger partial charge in [-0.1, -0.05) is 74.0 Å². The maximum atomic E-state index is 12.1. The van der Waals surface area contributed by atoms with Crippen LogP contribution in [0.2, 0.25) is 0 Å². The third-order valence-electron chi connectivity index (χ3n) is 9.14. The van der Waals surface area contributed by atoms with Crippen LogP contribution in [-0.2, 0) is 4.79 Å². The van der Waals surface area contributed by atoms with Crippen molar-refractivity contribution in [2.75, 3.05) is 43.4 Å². The second-order valence-electron chi connectivity index (χ2n) is 12.1. The van der Waals surface area contributed by atoms with E-state index in [-0.39, 0.29) is 11.8 Å². The highest BCUT2D eigenvalue weighted by molar-refractivity contribution is 5.84. The molecule has 238 valence electrons. The molecule has 0 spiro atoms. The van der Waals surface area contributed by atoms with Gasteiger partial charge in [0, 0.05) is 32.0 Å². The lowest BCUT2D eigenvalue weighted by Gasteiger charge is -2.26. The molecule has 1 saturated carbocycles. The fraction of sp³-hybridized carbons (Fsp3) is 0.471. The normalized spacial score (nSPS) is 22.1. The van der Waals surface area contributed by atoms with E-state index in [1.165, 1.54) is 30.4 Å². The molecule has 1 saturated heterocycles. The number of nitrogens with zero attached hydrogens (tertiary/aromatic N) is 5. The average molecular weight is 613 g/mol. The van der Waals surface area contributed by atoms with Gasteiger partial charge in [-0.05, 0) is 43.5 Å². The van der Waals surface area contributed by atoms with Gasteiger partial charge in [-0.3, -0.25) is 4.79 Å². The van der Waals surface area contributed by atoms with E-state index in [1.54, 1.807) is 13.3 Å². The second kappa shape index (κ2) is 14.4. The number of carbonyl (C=O) groups excluding carboxylic acids is 1. The summed E-state index contributed by atoms with van der Waals surface area (Å²) in [5.41, 5.74) is 3.52. The molecule has 4 atom stereocenters. The van der Waals surface area contributed by atoms with Gasteiger partial charge in [0.25, 0.3) is 0 Å². The van der Waals surface area contributed by atoms with E-state index in [9.17, 15) is 15.0 Å². The lowest BCUT2D eigenvalue weighted by Crippen LogP contribution is -2.42. The fourth-order valence-electron chi connectivity index (χ4n) is 6.60. The van der Waals surface area contributed by atoms with Crippen molar-refractivity contribution in [3.63, 3.8) is 0 Å². The molecule has 11 nitrogen and oxygen atoms in total. The molecule has 2 aromatic carbocycles. The van der Waals surface area contributed by atoms with Gasteiger partial charge in [0.1, 0.15) is 12.2 Å². The summed E-state index contributed by atoms with van der Waals surface area (Å²) in [6.07, 6.45) is 3.88. The van der Waals surface area contributed by atoms with Crippen LogP contribution >= 0.6 is 0 Å². The van der Waals surface area contributed by atoms with Crippen LogP contribution < -0.4 is 16.0 Å². The monoisotopic (exact) mass is 612 g/mol. The van der Waals surface area contributed by atoms with E-state index >= 15 is 0 Å². The van der Waals surface area contributed by atoms with Crippen LogP contribution in [0.15, 0.2) is 67.0 Å². The summed E-state index contributed by atoms with van der Waals surface area (Å²) in [6, 6.07) is 19.7. The Hall–Kier alpha value is -4.06. The predicted octanol–water partition coefficient (Wildman–Crippen LogP) is 3.53. The molecule has 2 aliphatic rings. The van der Waals surface area contributed by atoms with Gasteiger partial charge in [-0.25, -0.2) is 4.98 Å². The number of piperidine rings is 1. The smallest absolute Gasteiger partial charge is 0.226 e. The molecule has 5 N–H and O–H groups in total. The molecular formula is C34H44N8O3. The highest BCUT2D eigenvalue weighted by Crippen LogP contribution is 2.35. The number of carbonyl (C=O) groups is 1. The number of nitrogens with one attached hydrogen (secondary N) is 3. The van der Waals surface area contributed by atoms with Crippen molar-refractivity contribution in [2.45, 2.75) is 69.2 Å². The number of aliphatic hydroxyl groups is 2. The van der Waals surface area contributed by atoms with Crippen molar-refractivity contribution in [3.8, 4) is 0 Å². The Morgan fingerprint density at radius 2 is 1.62 bits per heavy atom. The first-order chi connectivity index (χ1) is 22.0. The number of hydrogen-bond acceptors (Lipinski definition) is 9. The van der Waals surface area contributed by atoms with Gasteiger partial charge in [-0.2, -0.15) is 9.97 Å². The van der Waals surface area contributed by atoms with Crippen LogP contribution in [0.3, 0.4) is 0 Å². The zero-order valence-electron chi connectivity index (χ0n) is 25.8. The van der Waals surface area contributed by atoms with Gasteiger partial charge in [-0.15, -0.1) is 0 Å². The number of likely N-dealkylation sites (tertiary alicyclic amines) is 1. The first-order valence-electron chi connectivity index (χ1n) is 16.2. The van der Waals surface area contributed by atoms with Gasteiger partial charge in [0.2, 0.25) is 11.9 Å². The van der Waals surface area contributed by atoms with Gasteiger partial charge >= 0.3 is 0 Å².